The molecule has 3 heteroatoms. The molecule has 0 radical (unpaired) electrons. The van der Waals surface area contributed by atoms with E-state index in [1.807, 2.05) is 6.20 Å². The number of hydrogen-bond acceptors (Lipinski definition) is 2. The van der Waals surface area contributed by atoms with Crippen LogP contribution in [0.25, 0.3) is 5.82 Å². The predicted molar refractivity (Wildman–Crippen MR) is 48.8 cm³/mol. The molecule has 0 fully saturated rings. The topological polar surface area (TPSA) is 30.7 Å². The maximum Gasteiger partial charge on any atom is 0.143 e. The van der Waals surface area contributed by atoms with Gasteiger partial charge in [-0.1, -0.05) is 0 Å². The lowest BCUT2D eigenvalue weighted by Crippen LogP contribution is -2.12. The van der Waals surface area contributed by atoms with Gasteiger partial charge in [-0.25, -0.2) is 9.97 Å². The lowest BCUT2D eigenvalue weighted by Gasteiger charge is -2.16. The number of hydrogen-bond donors (Lipinski definition) is 0. The summed E-state index contributed by atoms with van der Waals surface area (Å²) in [7, 11) is 0. The Morgan fingerprint density at radius 1 is 1.31 bits per heavy atom. The van der Waals surface area contributed by atoms with Gasteiger partial charge >= 0.3 is 0 Å². The summed E-state index contributed by atoms with van der Waals surface area (Å²) >= 11 is 0. The van der Waals surface area contributed by atoms with Crippen LogP contribution in [-0.4, -0.2) is 14.5 Å². The Bertz CT molecular complexity index is 445. The summed E-state index contributed by atoms with van der Waals surface area (Å²) in [6, 6.07) is 4.21. The van der Waals surface area contributed by atoms with Gasteiger partial charge in [0.2, 0.25) is 0 Å². The van der Waals surface area contributed by atoms with Crippen LogP contribution in [0.3, 0.4) is 0 Å². The van der Waals surface area contributed by atoms with Crippen LogP contribution in [0.4, 0.5) is 0 Å². The first-order valence-corrected chi connectivity index (χ1v) is 4.40. The Balaban J connectivity index is 2.30. The number of aryl methyl sites for hydroxylation is 2. The lowest BCUT2D eigenvalue weighted by atomic mass is 10.1. The van der Waals surface area contributed by atoms with E-state index in [9.17, 15) is 0 Å². The van der Waals surface area contributed by atoms with Crippen molar-refractivity contribution >= 4 is 0 Å². The van der Waals surface area contributed by atoms with E-state index < -0.39 is 0 Å². The van der Waals surface area contributed by atoms with Gasteiger partial charge < -0.3 is 4.57 Å². The number of rotatable bonds is 0. The van der Waals surface area contributed by atoms with Crippen LogP contribution in [0.1, 0.15) is 11.3 Å². The third-order valence-corrected chi connectivity index (χ3v) is 2.48. The number of fused-ring (bicyclic) bond motifs is 3. The Kier molecular flexibility index (Phi) is 1.27. The van der Waals surface area contributed by atoms with Gasteiger partial charge in [0.15, 0.2) is 0 Å². The number of nitrogens with zero attached hydrogens (tertiary/aromatic N) is 3. The van der Waals surface area contributed by atoms with Crippen LogP contribution in [0.5, 0.6) is 0 Å². The minimum Gasteiger partial charge on any atom is -0.305 e. The predicted octanol–water partition coefficient (Wildman–Crippen LogP) is 1.37. The second-order valence-corrected chi connectivity index (χ2v) is 3.24. The summed E-state index contributed by atoms with van der Waals surface area (Å²) in [4.78, 5) is 8.32. The molecule has 13 heavy (non-hydrogen) atoms. The molecule has 0 saturated heterocycles. The summed E-state index contributed by atoms with van der Waals surface area (Å²) in [6.07, 6.45) is 7.72. The minimum atomic E-state index is 1.04. The zero-order valence-corrected chi connectivity index (χ0v) is 7.14. The highest BCUT2D eigenvalue weighted by Gasteiger charge is 2.14. The summed E-state index contributed by atoms with van der Waals surface area (Å²) in [5.41, 5.74) is 2.58. The first kappa shape index (κ1) is 6.83. The van der Waals surface area contributed by atoms with Crippen molar-refractivity contribution in [1.29, 1.82) is 0 Å². The number of aromatic nitrogens is 3. The van der Waals surface area contributed by atoms with Gasteiger partial charge in [-0.15, -0.1) is 0 Å². The molecule has 2 aromatic heterocycles. The summed E-state index contributed by atoms with van der Waals surface area (Å²) < 4.78 is 2.14. The molecule has 1 aliphatic rings. The molecule has 0 bridgehead atoms. The van der Waals surface area contributed by atoms with Gasteiger partial charge in [-0.2, -0.15) is 0 Å². The van der Waals surface area contributed by atoms with Crippen molar-refractivity contribution in [2.24, 2.45) is 0 Å². The largest absolute Gasteiger partial charge is 0.305 e. The maximum absolute atomic E-state index is 4.28. The Hall–Kier alpha value is -1.64. The first-order valence-electron chi connectivity index (χ1n) is 4.40. The van der Waals surface area contributed by atoms with Crippen molar-refractivity contribution in [2.75, 3.05) is 0 Å². The third kappa shape index (κ3) is 0.900. The van der Waals surface area contributed by atoms with Crippen LogP contribution in [0.2, 0.25) is 0 Å². The highest BCUT2D eigenvalue weighted by Crippen LogP contribution is 2.21. The molecule has 0 atom stereocenters. The van der Waals surface area contributed by atoms with Crippen LogP contribution in [0.15, 0.2) is 30.9 Å². The first-order chi connectivity index (χ1) is 6.45. The van der Waals surface area contributed by atoms with Crippen molar-refractivity contribution in [2.45, 2.75) is 12.8 Å². The molecule has 0 aromatic carbocycles. The molecule has 0 saturated carbocycles. The second-order valence-electron chi connectivity index (χ2n) is 3.24. The molecule has 3 nitrogen and oxygen atoms in total. The highest BCUT2D eigenvalue weighted by molar-refractivity contribution is 5.38. The highest BCUT2D eigenvalue weighted by atomic mass is 15.1. The smallest absolute Gasteiger partial charge is 0.143 e. The van der Waals surface area contributed by atoms with Crippen LogP contribution in [0, 0.1) is 0 Å². The Labute approximate surface area is 76.1 Å². The van der Waals surface area contributed by atoms with E-state index in [4.69, 9.17) is 0 Å². The Morgan fingerprint density at radius 3 is 3.31 bits per heavy atom. The SMILES string of the molecule is c1cc2n(c1)-c1ncncc1CC2. The average Bonchev–Trinajstić information content (AvgIpc) is 2.65. The molecule has 0 unspecified atom stereocenters. The van der Waals surface area contributed by atoms with Crippen molar-refractivity contribution in [3.63, 3.8) is 0 Å². The van der Waals surface area contributed by atoms with Crippen molar-refractivity contribution < 1.29 is 0 Å². The summed E-state index contributed by atoms with van der Waals surface area (Å²) in [6.45, 7) is 0. The summed E-state index contributed by atoms with van der Waals surface area (Å²) in [5.74, 6) is 1.04. The van der Waals surface area contributed by atoms with E-state index in [1.54, 1.807) is 6.33 Å². The molecular weight excluding hydrogens is 162 g/mol. The van der Waals surface area contributed by atoms with E-state index >= 15 is 0 Å². The zero-order valence-electron chi connectivity index (χ0n) is 7.14. The van der Waals surface area contributed by atoms with E-state index in [-0.39, 0.29) is 0 Å². The van der Waals surface area contributed by atoms with E-state index in [2.05, 4.69) is 32.9 Å². The van der Waals surface area contributed by atoms with Gasteiger partial charge in [-0.3, -0.25) is 0 Å². The second kappa shape index (κ2) is 2.42. The average molecular weight is 171 g/mol. The van der Waals surface area contributed by atoms with Gasteiger partial charge in [0, 0.05) is 23.7 Å². The Morgan fingerprint density at radius 2 is 2.31 bits per heavy atom. The zero-order chi connectivity index (χ0) is 8.67. The fourth-order valence-electron chi connectivity index (χ4n) is 1.83. The molecular formula is C10H9N3. The molecule has 0 amide bonds. The monoisotopic (exact) mass is 171 g/mol. The molecule has 3 heterocycles. The van der Waals surface area contributed by atoms with Crippen molar-refractivity contribution in [1.82, 2.24) is 14.5 Å². The fourth-order valence-corrected chi connectivity index (χ4v) is 1.83. The molecule has 2 aromatic rings. The van der Waals surface area contributed by atoms with E-state index in [0.29, 0.717) is 0 Å². The molecule has 3 rings (SSSR count). The van der Waals surface area contributed by atoms with Crippen molar-refractivity contribution in [3.05, 3.63) is 42.1 Å². The van der Waals surface area contributed by atoms with Crippen LogP contribution in [-0.2, 0) is 12.8 Å². The minimum absolute atomic E-state index is 1.04. The van der Waals surface area contributed by atoms with E-state index in [0.717, 1.165) is 18.7 Å². The van der Waals surface area contributed by atoms with Gasteiger partial charge in [0.05, 0.1) is 0 Å². The van der Waals surface area contributed by atoms with Gasteiger partial charge in [-0.05, 0) is 25.0 Å². The summed E-state index contributed by atoms with van der Waals surface area (Å²) in [5, 5.41) is 0. The van der Waals surface area contributed by atoms with Crippen LogP contribution >= 0.6 is 0 Å². The fraction of sp³-hybridized carbons (Fsp3) is 0.200. The van der Waals surface area contributed by atoms with E-state index in [1.165, 1.54) is 11.3 Å². The molecule has 1 aliphatic heterocycles. The van der Waals surface area contributed by atoms with Crippen molar-refractivity contribution in [3.8, 4) is 5.82 Å². The molecule has 64 valence electrons. The molecule has 0 aliphatic carbocycles. The quantitative estimate of drug-likeness (QED) is 0.599. The standard InChI is InChI=1S/C10H9N3/c1-2-9-4-3-8-6-11-7-12-10(8)13(9)5-1/h1-2,5-7H,3-4H2. The van der Waals surface area contributed by atoms with Crippen LogP contribution < -0.4 is 0 Å². The normalized spacial score (nSPS) is 13.5. The van der Waals surface area contributed by atoms with Gasteiger partial charge in [0.1, 0.15) is 12.1 Å². The lowest BCUT2D eigenvalue weighted by molar-refractivity contribution is 0.774. The van der Waals surface area contributed by atoms with Gasteiger partial charge in [0.25, 0.3) is 0 Å². The maximum atomic E-state index is 4.28. The molecule has 0 spiro atoms. The third-order valence-electron chi connectivity index (χ3n) is 2.48. The molecule has 0 N–H and O–H groups in total.